The van der Waals surface area contributed by atoms with Crippen LogP contribution in [0.5, 0.6) is 0 Å². The van der Waals surface area contributed by atoms with Crippen LogP contribution in [-0.2, 0) is 13.1 Å². The molecule has 0 aromatic carbocycles. The normalized spacial score (nSPS) is 11.4. The van der Waals surface area contributed by atoms with Crippen molar-refractivity contribution < 1.29 is 4.42 Å². The Labute approximate surface area is 104 Å². The van der Waals surface area contributed by atoms with E-state index in [0.717, 1.165) is 31.9 Å². The first-order valence-electron chi connectivity index (χ1n) is 6.19. The van der Waals surface area contributed by atoms with Crippen LogP contribution in [0.4, 0.5) is 0 Å². The molecule has 0 saturated carbocycles. The molecular weight excluding hydrogens is 212 g/mol. The van der Waals surface area contributed by atoms with Gasteiger partial charge in [0.2, 0.25) is 0 Å². The number of hydrogen-bond donors (Lipinski definition) is 1. The molecular formula is C14H24N2O. The lowest BCUT2D eigenvalue weighted by Gasteiger charge is -2.14. The maximum Gasteiger partial charge on any atom is 0.122 e. The molecule has 1 heterocycles. The van der Waals surface area contributed by atoms with Gasteiger partial charge in [-0.15, -0.1) is 6.58 Å². The van der Waals surface area contributed by atoms with Gasteiger partial charge in [-0.3, -0.25) is 4.90 Å². The highest BCUT2D eigenvalue weighted by Gasteiger charge is 2.08. The summed E-state index contributed by atoms with van der Waals surface area (Å²) in [6, 6.07) is 2.05. The third kappa shape index (κ3) is 5.20. The minimum Gasteiger partial charge on any atom is -0.468 e. The Kier molecular flexibility index (Phi) is 6.01. The van der Waals surface area contributed by atoms with Crippen molar-refractivity contribution in [1.82, 2.24) is 10.2 Å². The fraction of sp³-hybridized carbons (Fsp3) is 0.571. The molecule has 1 aromatic heterocycles. The summed E-state index contributed by atoms with van der Waals surface area (Å²) in [6.07, 6.45) is 3.68. The summed E-state index contributed by atoms with van der Waals surface area (Å²) in [5.74, 6) is 1.71. The van der Waals surface area contributed by atoms with E-state index in [0.29, 0.717) is 5.92 Å². The summed E-state index contributed by atoms with van der Waals surface area (Å²) < 4.78 is 5.51. The Hall–Kier alpha value is -1.06. The van der Waals surface area contributed by atoms with Crippen LogP contribution >= 0.6 is 0 Å². The van der Waals surface area contributed by atoms with Gasteiger partial charge in [-0.1, -0.05) is 19.9 Å². The maximum atomic E-state index is 5.51. The molecule has 1 N–H and O–H groups in total. The van der Waals surface area contributed by atoms with Crippen LogP contribution in [0.1, 0.15) is 25.2 Å². The lowest BCUT2D eigenvalue weighted by molar-refractivity contribution is 0.356. The molecule has 0 bridgehead atoms. The lowest BCUT2D eigenvalue weighted by Crippen LogP contribution is -2.21. The number of nitrogens with one attached hydrogen (secondary N) is 1. The zero-order chi connectivity index (χ0) is 12.7. The van der Waals surface area contributed by atoms with Crippen LogP contribution < -0.4 is 5.32 Å². The molecule has 3 heteroatoms. The summed E-state index contributed by atoms with van der Waals surface area (Å²) in [5, 5.41) is 3.40. The molecule has 0 saturated heterocycles. The molecule has 0 aliphatic carbocycles. The number of hydrogen-bond acceptors (Lipinski definition) is 3. The molecule has 0 aliphatic heterocycles. The van der Waals surface area contributed by atoms with Crippen LogP contribution in [0.2, 0.25) is 0 Å². The molecule has 17 heavy (non-hydrogen) atoms. The Morgan fingerprint density at radius 2 is 2.29 bits per heavy atom. The van der Waals surface area contributed by atoms with E-state index in [1.807, 2.05) is 12.1 Å². The van der Waals surface area contributed by atoms with Crippen molar-refractivity contribution in [3.05, 3.63) is 36.3 Å². The summed E-state index contributed by atoms with van der Waals surface area (Å²) in [7, 11) is 2.08. The largest absolute Gasteiger partial charge is 0.468 e. The molecule has 0 fully saturated rings. The molecule has 0 amide bonds. The van der Waals surface area contributed by atoms with Gasteiger partial charge in [0.25, 0.3) is 0 Å². The number of rotatable bonds is 8. The van der Waals surface area contributed by atoms with Gasteiger partial charge in [0.15, 0.2) is 0 Å². The van der Waals surface area contributed by atoms with E-state index >= 15 is 0 Å². The third-order valence-corrected chi connectivity index (χ3v) is 2.56. The second kappa shape index (κ2) is 7.30. The quantitative estimate of drug-likeness (QED) is 0.703. The molecule has 0 atom stereocenters. The van der Waals surface area contributed by atoms with Gasteiger partial charge in [-0.2, -0.15) is 0 Å². The van der Waals surface area contributed by atoms with Crippen molar-refractivity contribution in [2.45, 2.75) is 26.9 Å². The summed E-state index contributed by atoms with van der Waals surface area (Å²) in [4.78, 5) is 2.21. The maximum absolute atomic E-state index is 5.51. The highest BCUT2D eigenvalue weighted by molar-refractivity contribution is 5.16. The molecule has 0 aliphatic rings. The van der Waals surface area contributed by atoms with Gasteiger partial charge in [-0.25, -0.2) is 0 Å². The van der Waals surface area contributed by atoms with Gasteiger partial charge in [-0.05, 0) is 25.6 Å². The average Bonchev–Trinajstić information content (AvgIpc) is 2.65. The Morgan fingerprint density at radius 1 is 1.53 bits per heavy atom. The number of likely N-dealkylation sites (N-methyl/N-ethyl adjacent to an activating group) is 1. The molecule has 0 unspecified atom stereocenters. The zero-order valence-corrected chi connectivity index (χ0v) is 11.2. The van der Waals surface area contributed by atoms with E-state index in [4.69, 9.17) is 4.42 Å². The fourth-order valence-corrected chi connectivity index (χ4v) is 1.71. The molecule has 96 valence electrons. The Morgan fingerprint density at radius 3 is 2.94 bits per heavy atom. The van der Waals surface area contributed by atoms with Crippen molar-refractivity contribution in [3.63, 3.8) is 0 Å². The Balaban J connectivity index is 2.45. The smallest absolute Gasteiger partial charge is 0.122 e. The molecule has 0 spiro atoms. The van der Waals surface area contributed by atoms with Crippen LogP contribution in [0, 0.1) is 5.92 Å². The predicted octanol–water partition coefficient (Wildman–Crippen LogP) is 2.64. The second-order valence-electron chi connectivity index (χ2n) is 4.88. The predicted molar refractivity (Wildman–Crippen MR) is 71.8 cm³/mol. The van der Waals surface area contributed by atoms with Crippen molar-refractivity contribution in [3.8, 4) is 0 Å². The van der Waals surface area contributed by atoms with E-state index in [-0.39, 0.29) is 0 Å². The minimum absolute atomic E-state index is 0.664. The van der Waals surface area contributed by atoms with Gasteiger partial charge < -0.3 is 9.73 Å². The average molecular weight is 236 g/mol. The lowest BCUT2D eigenvalue weighted by atomic mass is 10.2. The van der Waals surface area contributed by atoms with Crippen LogP contribution in [-0.4, -0.2) is 25.0 Å². The van der Waals surface area contributed by atoms with E-state index in [2.05, 4.69) is 37.7 Å². The SMILES string of the molecule is C=CCN(C)Cc1ccoc1CNCC(C)C. The van der Waals surface area contributed by atoms with Crippen molar-refractivity contribution in [2.24, 2.45) is 5.92 Å². The highest BCUT2D eigenvalue weighted by atomic mass is 16.3. The van der Waals surface area contributed by atoms with E-state index < -0.39 is 0 Å². The third-order valence-electron chi connectivity index (χ3n) is 2.56. The zero-order valence-electron chi connectivity index (χ0n) is 11.2. The summed E-state index contributed by atoms with van der Waals surface area (Å²) in [5.41, 5.74) is 1.26. The van der Waals surface area contributed by atoms with Gasteiger partial charge in [0, 0.05) is 18.7 Å². The van der Waals surface area contributed by atoms with Gasteiger partial charge >= 0.3 is 0 Å². The standard InChI is InChI=1S/C14H24N2O/c1-5-7-16(4)11-13-6-8-17-14(13)10-15-9-12(2)3/h5-6,8,12,15H,1,7,9-11H2,2-4H3. The first-order chi connectivity index (χ1) is 8.13. The van der Waals surface area contributed by atoms with Crippen LogP contribution in [0.15, 0.2) is 29.4 Å². The number of nitrogens with zero attached hydrogens (tertiary/aromatic N) is 1. The molecule has 1 rings (SSSR count). The van der Waals surface area contributed by atoms with Crippen LogP contribution in [0.25, 0.3) is 0 Å². The first-order valence-corrected chi connectivity index (χ1v) is 6.19. The Bertz CT molecular complexity index is 331. The molecule has 0 radical (unpaired) electrons. The van der Waals surface area contributed by atoms with Crippen molar-refractivity contribution in [2.75, 3.05) is 20.1 Å². The molecule has 3 nitrogen and oxygen atoms in total. The first kappa shape index (κ1) is 14.0. The van der Waals surface area contributed by atoms with Crippen LogP contribution in [0.3, 0.4) is 0 Å². The van der Waals surface area contributed by atoms with Gasteiger partial charge in [0.05, 0.1) is 12.8 Å². The molecule has 1 aromatic rings. The summed E-state index contributed by atoms with van der Waals surface area (Å²) >= 11 is 0. The van der Waals surface area contributed by atoms with E-state index in [1.165, 1.54) is 5.56 Å². The number of furan rings is 1. The van der Waals surface area contributed by atoms with E-state index in [9.17, 15) is 0 Å². The van der Waals surface area contributed by atoms with E-state index in [1.54, 1.807) is 6.26 Å². The highest BCUT2D eigenvalue weighted by Crippen LogP contribution is 2.12. The van der Waals surface area contributed by atoms with Crippen molar-refractivity contribution >= 4 is 0 Å². The minimum atomic E-state index is 0.664. The summed E-state index contributed by atoms with van der Waals surface area (Å²) in [6.45, 7) is 11.8. The van der Waals surface area contributed by atoms with Gasteiger partial charge in [0.1, 0.15) is 5.76 Å². The monoisotopic (exact) mass is 236 g/mol. The second-order valence-corrected chi connectivity index (χ2v) is 4.88. The van der Waals surface area contributed by atoms with Crippen molar-refractivity contribution in [1.29, 1.82) is 0 Å². The fourth-order valence-electron chi connectivity index (χ4n) is 1.71. The topological polar surface area (TPSA) is 28.4 Å².